The van der Waals surface area contributed by atoms with Crippen LogP contribution in [0.2, 0.25) is 0 Å². The Labute approximate surface area is 150 Å². The summed E-state index contributed by atoms with van der Waals surface area (Å²) in [6.45, 7) is 7.70. The summed E-state index contributed by atoms with van der Waals surface area (Å²) >= 11 is 0. The van der Waals surface area contributed by atoms with E-state index in [9.17, 15) is 9.59 Å². The molecule has 0 amide bonds. The molecule has 0 atom stereocenters. The quantitative estimate of drug-likeness (QED) is 0.374. The van der Waals surface area contributed by atoms with Crippen molar-refractivity contribution in [1.29, 1.82) is 0 Å². The highest BCUT2D eigenvalue weighted by Gasteiger charge is 2.07. The molecule has 0 bridgehead atoms. The van der Waals surface area contributed by atoms with Crippen LogP contribution in [0.3, 0.4) is 0 Å². The number of hydrogen-bond donors (Lipinski definition) is 1. The molecule has 24 heavy (non-hydrogen) atoms. The molecule has 1 N–H and O–H groups in total. The number of hydrogen-bond acceptors (Lipinski definition) is 5. The van der Waals surface area contributed by atoms with Crippen molar-refractivity contribution in [3.05, 3.63) is 29.8 Å². The Bertz CT molecular complexity index is 488. The first-order valence-corrected chi connectivity index (χ1v) is 8.15. The standard InChI is InChI=1S/C18H27NO4.ClH/c1-4-22-18(21)13-19-11-9-17(20)15-5-7-16(8-6-15)23-12-10-14(2)3;/h5-8,14,19H,4,9-13H2,1-3H3;1H. The molecule has 0 saturated carbocycles. The van der Waals surface area contributed by atoms with Gasteiger partial charge >= 0.3 is 5.97 Å². The van der Waals surface area contributed by atoms with Gasteiger partial charge in [-0.1, -0.05) is 13.8 Å². The summed E-state index contributed by atoms with van der Waals surface area (Å²) in [5, 5.41) is 2.90. The van der Waals surface area contributed by atoms with Gasteiger partial charge in [0, 0.05) is 18.5 Å². The van der Waals surface area contributed by atoms with Gasteiger partial charge in [0.1, 0.15) is 5.75 Å². The molecule has 0 aliphatic heterocycles. The third-order valence-corrected chi connectivity index (χ3v) is 3.24. The Morgan fingerprint density at radius 1 is 1.17 bits per heavy atom. The van der Waals surface area contributed by atoms with Crippen molar-refractivity contribution in [2.24, 2.45) is 5.92 Å². The van der Waals surface area contributed by atoms with Crippen molar-refractivity contribution in [2.75, 3.05) is 26.3 Å². The van der Waals surface area contributed by atoms with Crippen molar-refractivity contribution >= 4 is 24.2 Å². The predicted octanol–water partition coefficient (Wildman–Crippen LogP) is 3.26. The number of ketones is 1. The summed E-state index contributed by atoms with van der Waals surface area (Å²) in [6, 6.07) is 7.19. The van der Waals surface area contributed by atoms with Gasteiger partial charge < -0.3 is 14.8 Å². The van der Waals surface area contributed by atoms with E-state index in [0.29, 0.717) is 37.7 Å². The van der Waals surface area contributed by atoms with Gasteiger partial charge in [-0.05, 0) is 43.5 Å². The minimum absolute atomic E-state index is 0. The molecule has 1 rings (SSSR count). The van der Waals surface area contributed by atoms with E-state index in [1.165, 1.54) is 0 Å². The first-order valence-electron chi connectivity index (χ1n) is 8.15. The molecule has 0 unspecified atom stereocenters. The van der Waals surface area contributed by atoms with Gasteiger partial charge in [-0.2, -0.15) is 0 Å². The maximum Gasteiger partial charge on any atom is 0.319 e. The highest BCUT2D eigenvalue weighted by atomic mass is 35.5. The van der Waals surface area contributed by atoms with E-state index in [0.717, 1.165) is 12.2 Å². The molecule has 0 aliphatic carbocycles. The fourth-order valence-electron chi connectivity index (χ4n) is 1.90. The molecule has 6 heteroatoms. The minimum atomic E-state index is -0.303. The summed E-state index contributed by atoms with van der Waals surface area (Å²) in [6.07, 6.45) is 1.35. The smallest absolute Gasteiger partial charge is 0.319 e. The first kappa shape index (κ1) is 22.4. The lowest BCUT2D eigenvalue weighted by molar-refractivity contribution is -0.141. The molecule has 0 radical (unpaired) electrons. The maximum absolute atomic E-state index is 12.0. The van der Waals surface area contributed by atoms with E-state index in [1.54, 1.807) is 19.1 Å². The van der Waals surface area contributed by atoms with Crippen LogP contribution < -0.4 is 10.1 Å². The molecule has 0 aromatic heterocycles. The average molecular weight is 358 g/mol. The number of halogens is 1. The lowest BCUT2D eigenvalue weighted by Gasteiger charge is -2.08. The Balaban J connectivity index is 0.00000529. The predicted molar refractivity (Wildman–Crippen MR) is 97.1 cm³/mol. The van der Waals surface area contributed by atoms with E-state index in [-0.39, 0.29) is 30.7 Å². The number of Topliss-reactive ketones (excluding diaryl/α,β-unsaturated/α-hetero) is 1. The zero-order chi connectivity index (χ0) is 17.1. The van der Waals surface area contributed by atoms with Gasteiger partial charge in [-0.3, -0.25) is 9.59 Å². The molecule has 1 aromatic rings. The number of carbonyl (C=O) groups is 2. The Morgan fingerprint density at radius 2 is 1.83 bits per heavy atom. The van der Waals surface area contributed by atoms with Gasteiger partial charge in [0.15, 0.2) is 5.78 Å². The summed E-state index contributed by atoms with van der Waals surface area (Å²) in [7, 11) is 0. The fraction of sp³-hybridized carbons (Fsp3) is 0.556. The van der Waals surface area contributed by atoms with E-state index in [4.69, 9.17) is 9.47 Å². The average Bonchev–Trinajstić information content (AvgIpc) is 2.52. The second-order valence-electron chi connectivity index (χ2n) is 5.71. The number of nitrogens with one attached hydrogen (secondary N) is 1. The Morgan fingerprint density at radius 3 is 2.42 bits per heavy atom. The molecule has 136 valence electrons. The van der Waals surface area contributed by atoms with Crippen LogP contribution in [0.1, 0.15) is 44.0 Å². The third kappa shape index (κ3) is 9.53. The summed E-state index contributed by atoms with van der Waals surface area (Å²) in [4.78, 5) is 23.2. The number of benzene rings is 1. The van der Waals surface area contributed by atoms with Crippen LogP contribution in [0.4, 0.5) is 0 Å². The van der Waals surface area contributed by atoms with Crippen molar-refractivity contribution in [3.8, 4) is 5.75 Å². The molecule has 0 heterocycles. The summed E-state index contributed by atoms with van der Waals surface area (Å²) in [5.41, 5.74) is 0.652. The molecule has 0 spiro atoms. The zero-order valence-corrected chi connectivity index (χ0v) is 15.5. The molecule has 1 aromatic carbocycles. The number of ether oxygens (including phenoxy) is 2. The SMILES string of the molecule is CCOC(=O)CNCCC(=O)c1ccc(OCCC(C)C)cc1.Cl. The number of carbonyl (C=O) groups excluding carboxylic acids is 2. The van der Waals surface area contributed by atoms with Crippen molar-refractivity contribution < 1.29 is 19.1 Å². The zero-order valence-electron chi connectivity index (χ0n) is 14.7. The summed E-state index contributed by atoms with van der Waals surface area (Å²) < 4.78 is 10.4. The molecule has 0 aliphatic rings. The van der Waals surface area contributed by atoms with E-state index < -0.39 is 0 Å². The molecule has 5 nitrogen and oxygen atoms in total. The maximum atomic E-state index is 12.0. The van der Waals surface area contributed by atoms with E-state index in [1.807, 2.05) is 12.1 Å². The fourth-order valence-corrected chi connectivity index (χ4v) is 1.90. The molecule has 0 fully saturated rings. The largest absolute Gasteiger partial charge is 0.494 e. The minimum Gasteiger partial charge on any atom is -0.494 e. The van der Waals surface area contributed by atoms with Crippen LogP contribution in [0.5, 0.6) is 5.75 Å². The van der Waals surface area contributed by atoms with E-state index >= 15 is 0 Å². The van der Waals surface area contributed by atoms with Crippen LogP contribution in [-0.4, -0.2) is 38.1 Å². The van der Waals surface area contributed by atoms with Crippen LogP contribution in [0.15, 0.2) is 24.3 Å². The van der Waals surface area contributed by atoms with Gasteiger partial charge in [0.05, 0.1) is 19.8 Å². The highest BCUT2D eigenvalue weighted by molar-refractivity contribution is 5.96. The number of esters is 1. The highest BCUT2D eigenvalue weighted by Crippen LogP contribution is 2.14. The topological polar surface area (TPSA) is 64.6 Å². The number of rotatable bonds is 11. The van der Waals surface area contributed by atoms with Crippen molar-refractivity contribution in [1.82, 2.24) is 5.32 Å². The van der Waals surface area contributed by atoms with Crippen molar-refractivity contribution in [2.45, 2.75) is 33.6 Å². The van der Waals surface area contributed by atoms with Gasteiger partial charge in [0.2, 0.25) is 0 Å². The molecular weight excluding hydrogens is 330 g/mol. The van der Waals surface area contributed by atoms with Crippen molar-refractivity contribution in [3.63, 3.8) is 0 Å². The van der Waals surface area contributed by atoms with Crippen LogP contribution in [0, 0.1) is 5.92 Å². The van der Waals surface area contributed by atoms with Crippen LogP contribution in [0.25, 0.3) is 0 Å². The van der Waals surface area contributed by atoms with Gasteiger partial charge in [-0.15, -0.1) is 12.4 Å². The first-order chi connectivity index (χ1) is 11.0. The normalized spacial score (nSPS) is 10.2. The van der Waals surface area contributed by atoms with Crippen LogP contribution >= 0.6 is 12.4 Å². The molecule has 0 saturated heterocycles. The van der Waals surface area contributed by atoms with Gasteiger partial charge in [0.25, 0.3) is 0 Å². The second-order valence-corrected chi connectivity index (χ2v) is 5.71. The Hall–Kier alpha value is -1.59. The van der Waals surface area contributed by atoms with Crippen LogP contribution in [-0.2, 0) is 9.53 Å². The Kier molecular flexibility index (Phi) is 11.9. The van der Waals surface area contributed by atoms with E-state index in [2.05, 4.69) is 19.2 Å². The third-order valence-electron chi connectivity index (χ3n) is 3.24. The monoisotopic (exact) mass is 357 g/mol. The molecular formula is C18H28ClNO4. The lowest BCUT2D eigenvalue weighted by atomic mass is 10.1. The summed E-state index contributed by atoms with van der Waals surface area (Å²) in [5.74, 6) is 1.12. The second kappa shape index (κ2) is 12.8. The van der Waals surface area contributed by atoms with Gasteiger partial charge in [-0.25, -0.2) is 0 Å². The lowest BCUT2D eigenvalue weighted by Crippen LogP contribution is -2.26.